The molecule has 1 heterocycles. The quantitative estimate of drug-likeness (QED) is 0.913. The standard InChI is InChI=1S/C17H19FN2/c1-12(13-5-4-8-19-11-13)20-15-9-14(10-15)16-6-2-3-7-17(16)18/h2-8,11-12,14-15,20H,9-10H2,1H3/t12-,14?,15?/m1/s1. The van der Waals surface area contributed by atoms with Crippen LogP contribution in [0.3, 0.4) is 0 Å². The molecule has 3 rings (SSSR count). The van der Waals surface area contributed by atoms with E-state index in [0.717, 1.165) is 18.4 Å². The molecular formula is C17H19FN2. The van der Waals surface area contributed by atoms with E-state index in [1.54, 1.807) is 18.3 Å². The molecule has 1 saturated carbocycles. The summed E-state index contributed by atoms with van der Waals surface area (Å²) in [7, 11) is 0. The minimum absolute atomic E-state index is 0.0729. The van der Waals surface area contributed by atoms with Gasteiger partial charge in [0.1, 0.15) is 5.82 Å². The summed E-state index contributed by atoms with van der Waals surface area (Å²) in [4.78, 5) is 4.14. The fraction of sp³-hybridized carbons (Fsp3) is 0.353. The third-order valence-corrected chi connectivity index (χ3v) is 4.15. The second kappa shape index (κ2) is 5.71. The largest absolute Gasteiger partial charge is 0.307 e. The van der Waals surface area contributed by atoms with Gasteiger partial charge in [-0.1, -0.05) is 24.3 Å². The van der Waals surface area contributed by atoms with Gasteiger partial charge < -0.3 is 5.32 Å². The maximum Gasteiger partial charge on any atom is 0.126 e. The Kier molecular flexibility index (Phi) is 3.79. The number of aromatic nitrogens is 1. The van der Waals surface area contributed by atoms with Crippen LogP contribution >= 0.6 is 0 Å². The van der Waals surface area contributed by atoms with Gasteiger partial charge in [-0.3, -0.25) is 4.98 Å². The molecule has 3 heteroatoms. The second-order valence-electron chi connectivity index (χ2n) is 5.56. The van der Waals surface area contributed by atoms with Crippen LogP contribution < -0.4 is 5.32 Å². The number of rotatable bonds is 4. The van der Waals surface area contributed by atoms with Crippen molar-refractivity contribution in [1.82, 2.24) is 10.3 Å². The molecule has 2 aromatic rings. The van der Waals surface area contributed by atoms with E-state index in [0.29, 0.717) is 12.0 Å². The first kappa shape index (κ1) is 13.3. The van der Waals surface area contributed by atoms with E-state index in [1.807, 2.05) is 24.4 Å². The number of nitrogens with zero attached hydrogens (tertiary/aromatic N) is 1. The highest BCUT2D eigenvalue weighted by atomic mass is 19.1. The number of benzene rings is 1. The highest BCUT2D eigenvalue weighted by Gasteiger charge is 2.32. The third kappa shape index (κ3) is 2.73. The van der Waals surface area contributed by atoms with Crippen molar-refractivity contribution in [3.05, 3.63) is 65.7 Å². The Morgan fingerprint density at radius 2 is 2.00 bits per heavy atom. The molecule has 0 bridgehead atoms. The molecule has 104 valence electrons. The van der Waals surface area contributed by atoms with Crippen molar-refractivity contribution < 1.29 is 4.39 Å². The van der Waals surface area contributed by atoms with Gasteiger partial charge in [0.15, 0.2) is 0 Å². The Hall–Kier alpha value is -1.74. The van der Waals surface area contributed by atoms with Gasteiger partial charge in [0.25, 0.3) is 0 Å². The van der Waals surface area contributed by atoms with E-state index in [9.17, 15) is 4.39 Å². The summed E-state index contributed by atoms with van der Waals surface area (Å²) in [5, 5.41) is 3.59. The topological polar surface area (TPSA) is 24.9 Å². The lowest BCUT2D eigenvalue weighted by atomic mass is 9.75. The van der Waals surface area contributed by atoms with Crippen molar-refractivity contribution in [2.75, 3.05) is 0 Å². The van der Waals surface area contributed by atoms with Gasteiger partial charge in [-0.2, -0.15) is 0 Å². The average molecular weight is 270 g/mol. The summed E-state index contributed by atoms with van der Waals surface area (Å²) in [6.07, 6.45) is 5.69. The van der Waals surface area contributed by atoms with E-state index in [2.05, 4.69) is 23.3 Å². The van der Waals surface area contributed by atoms with Gasteiger partial charge in [-0.05, 0) is 48.9 Å². The predicted molar refractivity (Wildman–Crippen MR) is 78.0 cm³/mol. The SMILES string of the molecule is C[C@@H](NC1CC(c2ccccc2F)C1)c1cccnc1. The van der Waals surface area contributed by atoms with Crippen LogP contribution in [-0.2, 0) is 0 Å². The molecule has 2 nitrogen and oxygen atoms in total. The number of nitrogens with one attached hydrogen (secondary N) is 1. The normalized spacial score (nSPS) is 23.1. The van der Waals surface area contributed by atoms with E-state index in [-0.39, 0.29) is 11.9 Å². The van der Waals surface area contributed by atoms with Crippen molar-refractivity contribution >= 4 is 0 Å². The van der Waals surface area contributed by atoms with Crippen LogP contribution in [0.15, 0.2) is 48.8 Å². The van der Waals surface area contributed by atoms with Gasteiger partial charge in [0.2, 0.25) is 0 Å². The van der Waals surface area contributed by atoms with Crippen molar-refractivity contribution in [1.29, 1.82) is 0 Å². The highest BCUT2D eigenvalue weighted by Crippen LogP contribution is 2.38. The van der Waals surface area contributed by atoms with Crippen LogP contribution in [-0.4, -0.2) is 11.0 Å². The zero-order valence-electron chi connectivity index (χ0n) is 11.6. The summed E-state index contributed by atoms with van der Waals surface area (Å²) >= 11 is 0. The number of hydrogen-bond acceptors (Lipinski definition) is 2. The Morgan fingerprint density at radius 3 is 2.70 bits per heavy atom. The molecule has 1 aromatic heterocycles. The Balaban J connectivity index is 1.55. The van der Waals surface area contributed by atoms with Gasteiger partial charge in [0.05, 0.1) is 0 Å². The van der Waals surface area contributed by atoms with Crippen LogP contribution in [0.1, 0.15) is 42.9 Å². The molecule has 1 aliphatic rings. The van der Waals surface area contributed by atoms with Crippen molar-refractivity contribution in [3.8, 4) is 0 Å². The van der Waals surface area contributed by atoms with Crippen LogP contribution in [0, 0.1) is 5.82 Å². The maximum absolute atomic E-state index is 13.7. The molecule has 0 spiro atoms. The lowest BCUT2D eigenvalue weighted by Gasteiger charge is -2.38. The first-order valence-corrected chi connectivity index (χ1v) is 7.14. The molecule has 1 fully saturated rings. The predicted octanol–water partition coefficient (Wildman–Crippen LogP) is 3.82. The molecule has 0 saturated heterocycles. The van der Waals surface area contributed by atoms with Gasteiger partial charge in [0, 0.05) is 24.5 Å². The summed E-state index contributed by atoms with van der Waals surface area (Å²) < 4.78 is 13.7. The number of hydrogen-bond donors (Lipinski definition) is 1. The zero-order valence-corrected chi connectivity index (χ0v) is 11.6. The van der Waals surface area contributed by atoms with Crippen LogP contribution in [0.2, 0.25) is 0 Å². The molecule has 1 aliphatic carbocycles. The van der Waals surface area contributed by atoms with Gasteiger partial charge >= 0.3 is 0 Å². The minimum atomic E-state index is -0.0729. The Morgan fingerprint density at radius 1 is 1.20 bits per heavy atom. The molecule has 0 unspecified atom stereocenters. The van der Waals surface area contributed by atoms with Crippen molar-refractivity contribution in [3.63, 3.8) is 0 Å². The zero-order chi connectivity index (χ0) is 13.9. The molecule has 0 amide bonds. The maximum atomic E-state index is 13.7. The summed E-state index contributed by atoms with van der Waals surface area (Å²) in [6.45, 7) is 2.15. The van der Waals surface area contributed by atoms with E-state index in [1.165, 1.54) is 5.56 Å². The molecule has 1 atom stereocenters. The second-order valence-corrected chi connectivity index (χ2v) is 5.56. The van der Waals surface area contributed by atoms with Gasteiger partial charge in [-0.25, -0.2) is 4.39 Å². The molecule has 0 aliphatic heterocycles. The summed E-state index contributed by atoms with van der Waals surface area (Å²) in [6, 6.07) is 11.9. The van der Waals surface area contributed by atoms with E-state index >= 15 is 0 Å². The van der Waals surface area contributed by atoms with Crippen LogP contribution in [0.25, 0.3) is 0 Å². The van der Waals surface area contributed by atoms with Crippen LogP contribution in [0.4, 0.5) is 4.39 Å². The Bertz CT molecular complexity index is 564. The minimum Gasteiger partial charge on any atom is -0.307 e. The molecule has 20 heavy (non-hydrogen) atoms. The number of pyridine rings is 1. The molecule has 1 N–H and O–H groups in total. The monoisotopic (exact) mass is 270 g/mol. The number of halogens is 1. The lowest BCUT2D eigenvalue weighted by Crippen LogP contribution is -2.41. The van der Waals surface area contributed by atoms with E-state index in [4.69, 9.17) is 0 Å². The molecule has 0 radical (unpaired) electrons. The first-order chi connectivity index (χ1) is 9.74. The summed E-state index contributed by atoms with van der Waals surface area (Å²) in [5.74, 6) is 0.283. The van der Waals surface area contributed by atoms with E-state index < -0.39 is 0 Å². The first-order valence-electron chi connectivity index (χ1n) is 7.14. The van der Waals surface area contributed by atoms with Crippen molar-refractivity contribution in [2.45, 2.75) is 37.8 Å². The smallest absolute Gasteiger partial charge is 0.126 e. The van der Waals surface area contributed by atoms with Crippen LogP contribution in [0.5, 0.6) is 0 Å². The molecule has 1 aromatic carbocycles. The fourth-order valence-electron chi connectivity index (χ4n) is 2.90. The Labute approximate surface area is 119 Å². The molecular weight excluding hydrogens is 251 g/mol. The fourth-order valence-corrected chi connectivity index (χ4v) is 2.90. The van der Waals surface area contributed by atoms with Gasteiger partial charge in [-0.15, -0.1) is 0 Å². The van der Waals surface area contributed by atoms with Crippen molar-refractivity contribution in [2.24, 2.45) is 0 Å². The third-order valence-electron chi connectivity index (χ3n) is 4.15. The average Bonchev–Trinajstić information content (AvgIpc) is 2.44. The summed E-state index contributed by atoms with van der Waals surface area (Å²) in [5.41, 5.74) is 2.06. The highest BCUT2D eigenvalue weighted by molar-refractivity contribution is 5.25. The lowest BCUT2D eigenvalue weighted by molar-refractivity contribution is 0.266.